The molecule has 0 N–H and O–H groups in total. The summed E-state index contributed by atoms with van der Waals surface area (Å²) in [5.74, 6) is 0. The largest absolute Gasteiger partial charge is 0.465 e. The van der Waals surface area contributed by atoms with Gasteiger partial charge in [0.25, 0.3) is 6.47 Å². The fourth-order valence-corrected chi connectivity index (χ4v) is 0.283. The van der Waals surface area contributed by atoms with E-state index in [1.165, 1.54) is 0 Å². The van der Waals surface area contributed by atoms with Gasteiger partial charge in [0.1, 0.15) is 6.10 Å². The van der Waals surface area contributed by atoms with Crippen molar-refractivity contribution < 1.29 is 9.53 Å². The Kier molecular flexibility index (Phi) is 3.06. The van der Waals surface area contributed by atoms with Gasteiger partial charge < -0.3 is 4.74 Å². The second-order valence-corrected chi connectivity index (χ2v) is 1.43. The molecule has 2 nitrogen and oxygen atoms in total. The average molecular weight is 116 g/mol. The molecule has 7 heavy (non-hydrogen) atoms. The van der Waals surface area contributed by atoms with E-state index in [1.807, 2.05) is 0 Å². The van der Waals surface area contributed by atoms with Crippen molar-refractivity contribution in [3.8, 4) is 0 Å². The average Bonchev–Trinajstić information content (AvgIpc) is 2.21. The first-order valence-electron chi connectivity index (χ1n) is 2.02. The van der Waals surface area contributed by atoms with Crippen LogP contribution < -0.4 is 0 Å². The molecule has 1 fully saturated rings. The van der Waals surface area contributed by atoms with Crippen LogP contribution in [0.3, 0.4) is 0 Å². The number of carbonyl (C=O) groups excluding carboxylic acids is 1. The minimum atomic E-state index is 0. The van der Waals surface area contributed by atoms with Crippen molar-refractivity contribution in [2.24, 2.45) is 0 Å². The standard InChI is InChI=1S/C4H6O2.Al.3H/c5-3-6-4-1-2-4;;;;/h3-4H,1-2H2;;;;. The number of hydrogen-bond donors (Lipinski definition) is 0. The van der Waals surface area contributed by atoms with Gasteiger partial charge in [0.2, 0.25) is 0 Å². The zero-order chi connectivity index (χ0) is 4.41. The van der Waals surface area contributed by atoms with Crippen molar-refractivity contribution >= 4 is 23.8 Å². The molecule has 0 unspecified atom stereocenters. The fourth-order valence-electron chi connectivity index (χ4n) is 0.283. The molecule has 0 aromatic rings. The highest BCUT2D eigenvalue weighted by Gasteiger charge is 2.21. The Hall–Kier alpha value is 0.00247. The predicted molar refractivity (Wildman–Crippen MR) is 30.1 cm³/mol. The molecule has 40 valence electrons. The number of carbonyl (C=O) groups is 1. The van der Waals surface area contributed by atoms with Gasteiger partial charge in [0, 0.05) is 0 Å². The number of ether oxygens (including phenoxy) is 1. The normalized spacial score (nSPS) is 17.1. The van der Waals surface area contributed by atoms with Crippen LogP contribution in [0.2, 0.25) is 0 Å². The van der Waals surface area contributed by atoms with Crippen LogP contribution in [0, 0.1) is 0 Å². The van der Waals surface area contributed by atoms with E-state index in [0.29, 0.717) is 6.47 Å². The third kappa shape index (κ3) is 2.67. The van der Waals surface area contributed by atoms with Crippen LogP contribution in [0.5, 0.6) is 0 Å². The second kappa shape index (κ2) is 3.06. The lowest BCUT2D eigenvalue weighted by atomic mass is 10.8. The van der Waals surface area contributed by atoms with E-state index in [9.17, 15) is 4.79 Å². The monoisotopic (exact) mass is 116 g/mol. The molecule has 1 aliphatic carbocycles. The van der Waals surface area contributed by atoms with Crippen molar-refractivity contribution in [1.29, 1.82) is 0 Å². The van der Waals surface area contributed by atoms with Crippen molar-refractivity contribution in [2.75, 3.05) is 0 Å². The SMILES string of the molecule is O=COC1CC1.[AlH3]. The molecule has 0 heterocycles. The van der Waals surface area contributed by atoms with E-state index in [-0.39, 0.29) is 23.5 Å². The smallest absolute Gasteiger partial charge is 0.293 e. The molecule has 0 aliphatic heterocycles. The van der Waals surface area contributed by atoms with Crippen molar-refractivity contribution in [3.05, 3.63) is 0 Å². The first kappa shape index (κ1) is 7.00. The van der Waals surface area contributed by atoms with Gasteiger partial charge in [-0.3, -0.25) is 4.79 Å². The van der Waals surface area contributed by atoms with E-state index < -0.39 is 0 Å². The van der Waals surface area contributed by atoms with Crippen LogP contribution >= 0.6 is 0 Å². The van der Waals surface area contributed by atoms with Gasteiger partial charge in [-0.1, -0.05) is 0 Å². The van der Waals surface area contributed by atoms with Gasteiger partial charge in [-0.2, -0.15) is 0 Å². The summed E-state index contributed by atoms with van der Waals surface area (Å²) in [6.45, 7) is 0.512. The minimum Gasteiger partial charge on any atom is -0.465 e. The number of hydrogen-bond acceptors (Lipinski definition) is 2. The highest BCUT2D eigenvalue weighted by Crippen LogP contribution is 2.21. The Morgan fingerprint density at radius 2 is 2.14 bits per heavy atom. The van der Waals surface area contributed by atoms with E-state index in [1.54, 1.807) is 0 Å². The van der Waals surface area contributed by atoms with E-state index in [2.05, 4.69) is 4.74 Å². The summed E-state index contributed by atoms with van der Waals surface area (Å²) >= 11 is 0. The third-order valence-corrected chi connectivity index (χ3v) is 0.772. The first-order chi connectivity index (χ1) is 2.93. The zero-order valence-electron chi connectivity index (χ0n) is 3.39. The Balaban J connectivity index is 0.000000360. The molecular formula is C4H9AlO2. The summed E-state index contributed by atoms with van der Waals surface area (Å²) in [7, 11) is 0. The second-order valence-electron chi connectivity index (χ2n) is 1.43. The lowest BCUT2D eigenvalue weighted by Crippen LogP contribution is -1.86. The molecule has 1 saturated carbocycles. The Morgan fingerprint density at radius 1 is 1.57 bits per heavy atom. The van der Waals surface area contributed by atoms with Crippen LogP contribution in [0.4, 0.5) is 0 Å². The molecule has 1 aliphatic rings. The molecule has 1 rings (SSSR count). The van der Waals surface area contributed by atoms with Crippen LogP contribution in [0.1, 0.15) is 12.8 Å². The molecule has 3 heteroatoms. The molecule has 0 spiro atoms. The van der Waals surface area contributed by atoms with Crippen molar-refractivity contribution in [3.63, 3.8) is 0 Å². The fraction of sp³-hybridized carbons (Fsp3) is 0.750. The lowest BCUT2D eigenvalue weighted by Gasteiger charge is -1.83. The molecule has 0 radical (unpaired) electrons. The maximum atomic E-state index is 9.43. The molecule has 0 atom stereocenters. The van der Waals surface area contributed by atoms with Gasteiger partial charge in [-0.25, -0.2) is 0 Å². The van der Waals surface area contributed by atoms with Crippen LogP contribution in [0.15, 0.2) is 0 Å². The summed E-state index contributed by atoms with van der Waals surface area (Å²) in [6, 6.07) is 0. The highest BCUT2D eigenvalue weighted by molar-refractivity contribution is 5.75. The van der Waals surface area contributed by atoms with Gasteiger partial charge in [0.15, 0.2) is 17.4 Å². The zero-order valence-corrected chi connectivity index (χ0v) is 3.39. The third-order valence-electron chi connectivity index (χ3n) is 0.772. The Bertz CT molecular complexity index is 60.7. The number of rotatable bonds is 2. The van der Waals surface area contributed by atoms with Crippen LogP contribution in [-0.2, 0) is 9.53 Å². The molecule has 0 amide bonds. The lowest BCUT2D eigenvalue weighted by molar-refractivity contribution is -0.129. The molecule has 0 saturated heterocycles. The minimum absolute atomic E-state index is 0. The maximum absolute atomic E-state index is 9.43. The molecule has 0 aromatic heterocycles. The summed E-state index contributed by atoms with van der Waals surface area (Å²) in [4.78, 5) is 9.43. The van der Waals surface area contributed by atoms with E-state index >= 15 is 0 Å². The Morgan fingerprint density at radius 3 is 2.29 bits per heavy atom. The maximum Gasteiger partial charge on any atom is 0.293 e. The predicted octanol–water partition coefficient (Wildman–Crippen LogP) is -0.862. The van der Waals surface area contributed by atoms with E-state index in [4.69, 9.17) is 0 Å². The summed E-state index contributed by atoms with van der Waals surface area (Å²) < 4.78 is 4.47. The van der Waals surface area contributed by atoms with Crippen molar-refractivity contribution in [1.82, 2.24) is 0 Å². The highest BCUT2D eigenvalue weighted by atomic mass is 27.0. The van der Waals surface area contributed by atoms with Gasteiger partial charge in [-0.05, 0) is 12.8 Å². The van der Waals surface area contributed by atoms with Crippen LogP contribution in [0.25, 0.3) is 0 Å². The topological polar surface area (TPSA) is 26.3 Å². The molecule has 0 aromatic carbocycles. The van der Waals surface area contributed by atoms with Gasteiger partial charge in [0.05, 0.1) is 0 Å². The molecule has 0 bridgehead atoms. The van der Waals surface area contributed by atoms with Crippen LogP contribution in [-0.4, -0.2) is 29.9 Å². The van der Waals surface area contributed by atoms with Gasteiger partial charge in [-0.15, -0.1) is 0 Å². The molecular weight excluding hydrogens is 107 g/mol. The van der Waals surface area contributed by atoms with E-state index in [0.717, 1.165) is 12.8 Å². The summed E-state index contributed by atoms with van der Waals surface area (Å²) in [6.07, 6.45) is 2.42. The summed E-state index contributed by atoms with van der Waals surface area (Å²) in [5.41, 5.74) is 0. The first-order valence-corrected chi connectivity index (χ1v) is 2.02. The van der Waals surface area contributed by atoms with Gasteiger partial charge >= 0.3 is 0 Å². The summed E-state index contributed by atoms with van der Waals surface area (Å²) in [5, 5.41) is 0. The Labute approximate surface area is 53.0 Å². The van der Waals surface area contributed by atoms with Crippen molar-refractivity contribution in [2.45, 2.75) is 18.9 Å². The quantitative estimate of drug-likeness (QED) is 0.346.